The smallest absolute Gasteiger partial charge is 0.399 e. The van der Waals surface area contributed by atoms with Gasteiger partial charge in [-0.05, 0) is 96.3 Å². The molecule has 1 heterocycles. The van der Waals surface area contributed by atoms with Crippen LogP contribution in [0, 0.1) is 0 Å². The minimum atomic E-state index is -0.413. The molecule has 0 aromatic heterocycles. The van der Waals surface area contributed by atoms with Gasteiger partial charge in [0.2, 0.25) is 0 Å². The summed E-state index contributed by atoms with van der Waals surface area (Å²) in [5.74, 6) is 0. The van der Waals surface area contributed by atoms with Crippen molar-refractivity contribution in [2.75, 3.05) is 12.3 Å². The second kappa shape index (κ2) is 11.1. The third kappa shape index (κ3) is 5.06. The zero-order valence-corrected chi connectivity index (χ0v) is 24.9. The van der Waals surface area contributed by atoms with Gasteiger partial charge in [0.25, 0.3) is 0 Å². The lowest BCUT2D eigenvalue weighted by molar-refractivity contribution is 0.00578. The highest BCUT2D eigenvalue weighted by Crippen LogP contribution is 2.45. The second-order valence-corrected chi connectivity index (χ2v) is 14.2. The van der Waals surface area contributed by atoms with Gasteiger partial charge in [-0.2, -0.15) is 0 Å². The molecule has 0 amide bonds. The fourth-order valence-corrected chi connectivity index (χ4v) is 8.51. The molecule has 0 unspecified atom stereocenters. The Bertz CT molecular complexity index is 1400. The molecule has 1 aliphatic heterocycles. The summed E-state index contributed by atoms with van der Waals surface area (Å²) < 4.78 is 13.4. The zero-order valence-electron chi connectivity index (χ0n) is 24.0. The number of fused-ring (bicyclic) bond motifs is 2. The fourth-order valence-electron chi connectivity index (χ4n) is 5.57. The molecule has 0 saturated carbocycles. The van der Waals surface area contributed by atoms with Crippen molar-refractivity contribution < 1.29 is 9.31 Å². The number of hydrogen-bond donors (Lipinski definition) is 0. The monoisotopic (exact) mass is 524 g/mol. The third-order valence-electron chi connectivity index (χ3n) is 8.53. The Labute approximate surface area is 231 Å². The predicted octanol–water partition coefficient (Wildman–Crippen LogP) is 8.67. The van der Waals surface area contributed by atoms with Gasteiger partial charge in [0.1, 0.15) is 0 Å². The minimum absolute atomic E-state index is 0.285. The van der Waals surface area contributed by atoms with Gasteiger partial charge in [-0.25, -0.2) is 0 Å². The van der Waals surface area contributed by atoms with Crippen molar-refractivity contribution in [3.8, 4) is 11.1 Å². The van der Waals surface area contributed by atoms with Gasteiger partial charge in [-0.15, -0.1) is 0 Å². The van der Waals surface area contributed by atoms with E-state index in [0.29, 0.717) is 0 Å². The van der Waals surface area contributed by atoms with Crippen LogP contribution in [0.25, 0.3) is 32.7 Å². The Balaban J connectivity index is 1.82. The molecule has 0 N–H and O–H groups in total. The van der Waals surface area contributed by atoms with Gasteiger partial charge in [0.05, 0.1) is 11.2 Å². The van der Waals surface area contributed by atoms with Crippen LogP contribution < -0.4 is 10.8 Å². The molecule has 0 spiro atoms. The van der Waals surface area contributed by atoms with E-state index in [4.69, 9.17) is 9.31 Å². The van der Waals surface area contributed by atoms with E-state index in [9.17, 15) is 0 Å². The summed E-state index contributed by atoms with van der Waals surface area (Å²) in [6.07, 6.45) is 7.60. The summed E-state index contributed by atoms with van der Waals surface area (Å²) in [6, 6.07) is 27.0. The summed E-state index contributed by atoms with van der Waals surface area (Å²) >= 11 is 0. The van der Waals surface area contributed by atoms with Crippen molar-refractivity contribution >= 4 is 47.4 Å². The molecule has 1 fully saturated rings. The van der Waals surface area contributed by atoms with E-state index in [-0.39, 0.29) is 7.92 Å². The van der Waals surface area contributed by atoms with Crippen LogP contribution in [0.4, 0.5) is 0 Å². The van der Waals surface area contributed by atoms with E-state index in [1.807, 2.05) is 0 Å². The molecule has 4 aromatic carbocycles. The summed E-state index contributed by atoms with van der Waals surface area (Å²) in [5, 5.41) is 6.70. The quantitative estimate of drug-likeness (QED) is 0.161. The highest BCUT2D eigenvalue weighted by Gasteiger charge is 2.52. The van der Waals surface area contributed by atoms with E-state index < -0.39 is 18.3 Å². The Kier molecular flexibility index (Phi) is 8.02. The molecular formula is C34H42BO2P. The summed E-state index contributed by atoms with van der Waals surface area (Å²) in [6.45, 7) is 13.2. The first-order valence-electron chi connectivity index (χ1n) is 14.4. The van der Waals surface area contributed by atoms with Gasteiger partial charge >= 0.3 is 7.12 Å². The van der Waals surface area contributed by atoms with E-state index in [0.717, 1.165) is 5.46 Å². The standard InChI is InChI=1S/C34H42BO2P/c1-7-9-23-38(24-10-8-2)30-22-20-26-16-12-14-18-28(26)32(30)31-27-17-13-11-15-25(27)19-21-29(31)35-36-33(3,4)34(5,6)37-35/h11-22H,7-10,23-24H2,1-6H3. The molecule has 2 nitrogen and oxygen atoms in total. The summed E-state index contributed by atoms with van der Waals surface area (Å²) in [5.41, 5.74) is 3.03. The van der Waals surface area contributed by atoms with Gasteiger partial charge in [0, 0.05) is 0 Å². The van der Waals surface area contributed by atoms with Crippen LogP contribution in [0.3, 0.4) is 0 Å². The van der Waals surface area contributed by atoms with Crippen LogP contribution in [0.1, 0.15) is 67.2 Å². The Hall–Kier alpha value is -2.19. The molecule has 0 aliphatic carbocycles. The highest BCUT2D eigenvalue weighted by atomic mass is 31.1. The van der Waals surface area contributed by atoms with E-state index in [2.05, 4.69) is 114 Å². The van der Waals surface area contributed by atoms with Gasteiger partial charge in [0.15, 0.2) is 0 Å². The number of benzene rings is 4. The molecule has 1 saturated heterocycles. The van der Waals surface area contributed by atoms with Gasteiger partial charge in [-0.1, -0.05) is 107 Å². The second-order valence-electron chi connectivity index (χ2n) is 11.7. The first kappa shape index (κ1) is 27.4. The first-order valence-corrected chi connectivity index (χ1v) is 16.1. The fraction of sp³-hybridized carbons (Fsp3) is 0.412. The Morgan fingerprint density at radius 2 is 1.13 bits per heavy atom. The molecule has 4 aromatic rings. The van der Waals surface area contributed by atoms with Crippen molar-refractivity contribution in [1.29, 1.82) is 0 Å². The van der Waals surface area contributed by atoms with Crippen LogP contribution in [0.15, 0.2) is 72.8 Å². The van der Waals surface area contributed by atoms with Crippen LogP contribution in [-0.4, -0.2) is 30.6 Å². The van der Waals surface area contributed by atoms with Crippen molar-refractivity contribution in [2.24, 2.45) is 0 Å². The largest absolute Gasteiger partial charge is 0.495 e. The molecule has 0 bridgehead atoms. The van der Waals surface area contributed by atoms with Crippen molar-refractivity contribution in [1.82, 2.24) is 0 Å². The van der Waals surface area contributed by atoms with Crippen molar-refractivity contribution in [2.45, 2.75) is 78.4 Å². The lowest BCUT2D eigenvalue weighted by atomic mass is 9.72. The summed E-state index contributed by atoms with van der Waals surface area (Å²) in [4.78, 5) is 0. The average molecular weight is 524 g/mol. The van der Waals surface area contributed by atoms with E-state index in [1.165, 1.54) is 76.0 Å². The van der Waals surface area contributed by atoms with Gasteiger partial charge in [-0.3, -0.25) is 0 Å². The lowest BCUT2D eigenvalue weighted by Crippen LogP contribution is -2.41. The molecule has 38 heavy (non-hydrogen) atoms. The molecule has 1 aliphatic rings. The molecule has 0 atom stereocenters. The molecule has 4 heteroatoms. The SMILES string of the molecule is CCCCP(CCCC)c1ccc2ccccc2c1-c1c(B2OC(C)(C)C(C)(C)O2)ccc2ccccc12. The predicted molar refractivity (Wildman–Crippen MR) is 169 cm³/mol. The maximum atomic E-state index is 6.69. The van der Waals surface area contributed by atoms with E-state index in [1.54, 1.807) is 0 Å². The van der Waals surface area contributed by atoms with Crippen molar-refractivity contribution in [3.05, 3.63) is 72.8 Å². The van der Waals surface area contributed by atoms with Crippen LogP contribution in [0.2, 0.25) is 0 Å². The Morgan fingerprint density at radius 3 is 1.68 bits per heavy atom. The topological polar surface area (TPSA) is 18.5 Å². The number of unbranched alkanes of at least 4 members (excludes halogenated alkanes) is 2. The zero-order chi connectivity index (χ0) is 26.9. The molecule has 0 radical (unpaired) electrons. The number of rotatable bonds is 9. The number of hydrogen-bond acceptors (Lipinski definition) is 2. The molecular weight excluding hydrogens is 482 g/mol. The molecule has 198 valence electrons. The minimum Gasteiger partial charge on any atom is -0.399 e. The third-order valence-corrected chi connectivity index (χ3v) is 11.3. The average Bonchev–Trinajstić information content (AvgIpc) is 3.14. The van der Waals surface area contributed by atoms with Crippen LogP contribution >= 0.6 is 7.92 Å². The van der Waals surface area contributed by atoms with Crippen LogP contribution in [-0.2, 0) is 9.31 Å². The van der Waals surface area contributed by atoms with E-state index >= 15 is 0 Å². The highest BCUT2D eigenvalue weighted by molar-refractivity contribution is 7.66. The lowest BCUT2D eigenvalue weighted by Gasteiger charge is -2.32. The molecule has 5 rings (SSSR count). The maximum Gasteiger partial charge on any atom is 0.495 e. The van der Waals surface area contributed by atoms with Crippen LogP contribution in [0.5, 0.6) is 0 Å². The first-order chi connectivity index (χ1) is 18.3. The van der Waals surface area contributed by atoms with Crippen molar-refractivity contribution in [3.63, 3.8) is 0 Å². The van der Waals surface area contributed by atoms with Gasteiger partial charge < -0.3 is 9.31 Å². The summed E-state index contributed by atoms with van der Waals surface area (Å²) in [7, 11) is -0.698. The maximum absolute atomic E-state index is 6.69. The normalized spacial score (nSPS) is 16.7. The Morgan fingerprint density at radius 1 is 0.632 bits per heavy atom.